The number of aromatic nitrogens is 4. The van der Waals surface area contributed by atoms with Crippen molar-refractivity contribution in [2.45, 2.75) is 77.4 Å². The summed E-state index contributed by atoms with van der Waals surface area (Å²) >= 11 is 0. The number of fused-ring (bicyclic) bond motifs is 2. The predicted octanol–water partition coefficient (Wildman–Crippen LogP) is 7.44. The summed E-state index contributed by atoms with van der Waals surface area (Å²) in [4.78, 5) is 15.9. The van der Waals surface area contributed by atoms with Gasteiger partial charge in [-0.3, -0.25) is 4.79 Å². The number of imidazole rings is 1. The predicted molar refractivity (Wildman–Crippen MR) is 176 cm³/mol. The summed E-state index contributed by atoms with van der Waals surface area (Å²) in [7, 11) is 0.0271. The molecule has 228 valence electrons. The van der Waals surface area contributed by atoms with Gasteiger partial charge in [0, 0.05) is 49.2 Å². The highest BCUT2D eigenvalue weighted by atomic mass is 28.4. The molecule has 9 heteroatoms. The Morgan fingerprint density at radius 1 is 1.05 bits per heavy atom. The van der Waals surface area contributed by atoms with Gasteiger partial charge in [0.05, 0.1) is 18.5 Å². The average molecular weight is 600 g/mol. The first-order chi connectivity index (χ1) is 20.4. The van der Waals surface area contributed by atoms with Crippen molar-refractivity contribution in [1.29, 1.82) is 0 Å². The van der Waals surface area contributed by atoms with Gasteiger partial charge < -0.3 is 28.6 Å². The number of nitrogens with zero attached hydrogens (tertiary/aromatic N) is 4. The summed E-state index contributed by atoms with van der Waals surface area (Å²) in [5.74, 6) is 0.358. The van der Waals surface area contributed by atoms with Crippen LogP contribution in [-0.2, 0) is 24.4 Å². The Bertz CT molecular complexity index is 1710. The molecule has 2 N–H and O–H groups in total. The Labute approximate surface area is 255 Å². The number of hydrogen-bond acceptors (Lipinski definition) is 4. The van der Waals surface area contributed by atoms with Gasteiger partial charge in [-0.2, -0.15) is 0 Å². The molecule has 0 spiro atoms. The van der Waals surface area contributed by atoms with E-state index in [-0.39, 0.29) is 17.0 Å². The number of primary amides is 1. The standard InChI is InChI=1S/C34H45N5O3Si/c1-34(2,3)43(5,6)42-32(39-23-29(33(35)40)36-24-39)14-9-18-38-19-17-25-15-16-27(21-31(25)38)41-20-10-11-26-22-37(4)30-13-8-7-12-28(26)30/h7-8,12-13,15-17,19,21-24,32H,9-11,14,18,20H2,1-6H3,(H2,35,40)/t32-/m1/s1. The van der Waals surface area contributed by atoms with E-state index < -0.39 is 14.2 Å². The van der Waals surface area contributed by atoms with Gasteiger partial charge in [-0.05, 0) is 79.0 Å². The van der Waals surface area contributed by atoms with Crippen LogP contribution >= 0.6 is 0 Å². The van der Waals surface area contributed by atoms with Crippen molar-refractivity contribution in [2.75, 3.05) is 6.61 Å². The van der Waals surface area contributed by atoms with Crippen LogP contribution in [0.4, 0.5) is 0 Å². The number of carbonyl (C=O) groups excluding carboxylic acids is 1. The van der Waals surface area contributed by atoms with Crippen LogP contribution in [-0.4, -0.2) is 39.5 Å². The molecule has 43 heavy (non-hydrogen) atoms. The van der Waals surface area contributed by atoms with Crippen LogP contribution in [0.5, 0.6) is 5.75 Å². The summed E-state index contributed by atoms with van der Waals surface area (Å²) in [5, 5.41) is 2.57. The van der Waals surface area contributed by atoms with Crippen molar-refractivity contribution in [1.82, 2.24) is 18.7 Å². The Hall–Kier alpha value is -3.82. The largest absolute Gasteiger partial charge is 0.494 e. The average Bonchev–Trinajstić information content (AvgIpc) is 3.68. The lowest BCUT2D eigenvalue weighted by Crippen LogP contribution is -2.42. The van der Waals surface area contributed by atoms with Crippen LogP contribution < -0.4 is 10.5 Å². The highest BCUT2D eigenvalue weighted by Crippen LogP contribution is 2.39. The first-order valence-corrected chi connectivity index (χ1v) is 18.1. The molecule has 0 bridgehead atoms. The molecule has 0 saturated carbocycles. The zero-order valence-electron chi connectivity index (χ0n) is 26.3. The molecule has 0 aliphatic carbocycles. The van der Waals surface area contributed by atoms with Gasteiger partial charge >= 0.3 is 0 Å². The van der Waals surface area contributed by atoms with Gasteiger partial charge in [0.2, 0.25) is 0 Å². The van der Waals surface area contributed by atoms with Gasteiger partial charge in [0.15, 0.2) is 8.32 Å². The Balaban J connectivity index is 1.21. The van der Waals surface area contributed by atoms with E-state index in [1.807, 2.05) is 4.57 Å². The van der Waals surface area contributed by atoms with Crippen molar-refractivity contribution in [3.63, 3.8) is 0 Å². The third-order valence-corrected chi connectivity index (χ3v) is 13.3. The smallest absolute Gasteiger partial charge is 0.268 e. The van der Waals surface area contributed by atoms with E-state index in [1.54, 1.807) is 12.5 Å². The lowest BCUT2D eigenvalue weighted by Gasteiger charge is -2.39. The molecule has 8 nitrogen and oxygen atoms in total. The van der Waals surface area contributed by atoms with E-state index in [1.165, 1.54) is 21.9 Å². The van der Waals surface area contributed by atoms with Crippen molar-refractivity contribution in [3.05, 3.63) is 84.7 Å². The maximum atomic E-state index is 11.7. The molecule has 0 radical (unpaired) electrons. The van der Waals surface area contributed by atoms with Gasteiger partial charge in [-0.25, -0.2) is 4.98 Å². The molecule has 5 rings (SSSR count). The summed E-state index contributed by atoms with van der Waals surface area (Å²) in [6.07, 6.45) is 11.1. The molecular formula is C34H45N5O3Si. The second kappa shape index (κ2) is 12.4. The van der Waals surface area contributed by atoms with E-state index >= 15 is 0 Å². The van der Waals surface area contributed by atoms with Crippen LogP contribution in [0.3, 0.4) is 0 Å². The SMILES string of the molecule is Cn1cc(CCCOc2ccc3ccn(CCC[C@@H](O[Si](C)(C)C(C)(C)C)n4cnc(C(N)=O)c4)c3c2)c2ccccc21. The fraction of sp³-hybridized carbons (Fsp3) is 0.412. The Morgan fingerprint density at radius 3 is 2.58 bits per heavy atom. The number of rotatable bonds is 13. The molecular weight excluding hydrogens is 554 g/mol. The molecule has 1 atom stereocenters. The first kappa shape index (κ1) is 30.6. The Kier molecular flexibility index (Phi) is 8.85. The number of amides is 1. The fourth-order valence-corrected chi connectivity index (χ4v) is 6.64. The number of ether oxygens (including phenoxy) is 1. The fourth-order valence-electron chi connectivity index (χ4n) is 5.37. The van der Waals surface area contributed by atoms with Gasteiger partial charge in [-0.1, -0.05) is 39.0 Å². The highest BCUT2D eigenvalue weighted by molar-refractivity contribution is 6.74. The summed E-state index contributed by atoms with van der Waals surface area (Å²) in [5.41, 5.74) is 9.52. The minimum absolute atomic E-state index is 0.0558. The van der Waals surface area contributed by atoms with Crippen LogP contribution in [0, 0.1) is 0 Å². The maximum absolute atomic E-state index is 11.7. The number of aryl methyl sites for hydroxylation is 3. The van der Waals surface area contributed by atoms with Gasteiger partial charge in [0.1, 0.15) is 17.7 Å². The molecule has 3 heterocycles. The van der Waals surface area contributed by atoms with Crippen molar-refractivity contribution < 1.29 is 14.0 Å². The molecule has 0 fully saturated rings. The van der Waals surface area contributed by atoms with Crippen molar-refractivity contribution >= 4 is 36.0 Å². The second-order valence-electron chi connectivity index (χ2n) is 13.0. The first-order valence-electron chi connectivity index (χ1n) is 15.2. The zero-order valence-corrected chi connectivity index (χ0v) is 27.3. The van der Waals surface area contributed by atoms with Gasteiger partial charge in [0.25, 0.3) is 5.91 Å². The molecule has 5 aromatic rings. The number of carbonyl (C=O) groups is 1. The van der Waals surface area contributed by atoms with Crippen molar-refractivity contribution in [2.24, 2.45) is 12.8 Å². The van der Waals surface area contributed by atoms with Crippen molar-refractivity contribution in [3.8, 4) is 5.75 Å². The summed E-state index contributed by atoms with van der Waals surface area (Å²) in [6, 6.07) is 17.0. The minimum atomic E-state index is -2.08. The normalized spacial score (nSPS) is 13.2. The van der Waals surface area contributed by atoms with E-state index in [4.69, 9.17) is 14.9 Å². The summed E-state index contributed by atoms with van der Waals surface area (Å²) in [6.45, 7) is 12.7. The maximum Gasteiger partial charge on any atom is 0.268 e. The quantitative estimate of drug-likeness (QED) is 0.113. The monoisotopic (exact) mass is 599 g/mol. The molecule has 3 aromatic heterocycles. The van der Waals surface area contributed by atoms with E-state index in [9.17, 15) is 4.79 Å². The molecule has 2 aromatic carbocycles. The number of nitrogens with two attached hydrogens (primary N) is 1. The van der Waals surface area contributed by atoms with Crippen LogP contribution in [0.25, 0.3) is 21.8 Å². The third kappa shape index (κ3) is 6.89. The number of hydrogen-bond donors (Lipinski definition) is 1. The summed E-state index contributed by atoms with van der Waals surface area (Å²) < 4.78 is 19.4. The molecule has 1 amide bonds. The zero-order chi connectivity index (χ0) is 30.8. The molecule has 0 aliphatic rings. The van der Waals surface area contributed by atoms with E-state index in [0.29, 0.717) is 6.61 Å². The lowest BCUT2D eigenvalue weighted by atomic mass is 10.1. The van der Waals surface area contributed by atoms with E-state index in [0.717, 1.165) is 43.5 Å². The molecule has 0 saturated heterocycles. The van der Waals surface area contributed by atoms with Crippen LogP contribution in [0.15, 0.2) is 73.4 Å². The third-order valence-electron chi connectivity index (χ3n) is 8.86. The van der Waals surface area contributed by atoms with Crippen LogP contribution in [0.2, 0.25) is 18.1 Å². The lowest BCUT2D eigenvalue weighted by molar-refractivity contribution is 0.0984. The number of benzene rings is 2. The minimum Gasteiger partial charge on any atom is -0.494 e. The highest BCUT2D eigenvalue weighted by Gasteiger charge is 2.39. The number of para-hydroxylation sites is 1. The van der Waals surface area contributed by atoms with Gasteiger partial charge in [-0.15, -0.1) is 0 Å². The van der Waals surface area contributed by atoms with Crippen LogP contribution in [0.1, 0.15) is 62.3 Å². The Morgan fingerprint density at radius 2 is 1.84 bits per heavy atom. The molecule has 0 aliphatic heterocycles. The molecule has 0 unspecified atom stereocenters. The second-order valence-corrected chi connectivity index (χ2v) is 17.8. The topological polar surface area (TPSA) is 89.2 Å². The van der Waals surface area contributed by atoms with E-state index in [2.05, 4.69) is 116 Å².